The molecule has 0 radical (unpaired) electrons. The largest absolute Gasteiger partial charge is 0.332 e. The summed E-state index contributed by atoms with van der Waals surface area (Å²) in [5.74, 6) is -0.597. The first-order valence-corrected chi connectivity index (χ1v) is 10.5. The van der Waals surface area contributed by atoms with Crippen LogP contribution in [-0.4, -0.2) is 44.8 Å². The maximum Gasteiger partial charge on any atom is 0.332 e. The number of carbonyl (C=O) groups is 1. The van der Waals surface area contributed by atoms with Crippen molar-refractivity contribution < 1.29 is 10.0 Å². The number of aromatic nitrogens is 2. The van der Waals surface area contributed by atoms with Gasteiger partial charge in [-0.25, -0.2) is 10.3 Å². The Labute approximate surface area is 179 Å². The van der Waals surface area contributed by atoms with Crippen LogP contribution in [0.2, 0.25) is 0 Å². The zero-order valence-corrected chi connectivity index (χ0v) is 17.5. The summed E-state index contributed by atoms with van der Waals surface area (Å²) in [5, 5.41) is 9.30. The van der Waals surface area contributed by atoms with Crippen LogP contribution in [0.1, 0.15) is 41.7 Å². The van der Waals surface area contributed by atoms with Crippen molar-refractivity contribution in [1.29, 1.82) is 0 Å². The molecule has 2 heterocycles. The Morgan fingerprint density at radius 3 is 2.58 bits per heavy atom. The zero-order valence-electron chi connectivity index (χ0n) is 17.5. The van der Waals surface area contributed by atoms with Crippen molar-refractivity contribution in [1.82, 2.24) is 19.5 Å². The molecule has 1 fully saturated rings. The SMILES string of the molecule is CCN1CCCC(n2c(=O)c3ccccc3n(Cc3ccc(C(=O)NO)cc3)c2=O)C1. The van der Waals surface area contributed by atoms with Crippen molar-refractivity contribution in [3.05, 3.63) is 80.5 Å². The lowest BCUT2D eigenvalue weighted by Crippen LogP contribution is -2.47. The van der Waals surface area contributed by atoms with Gasteiger partial charge in [0.25, 0.3) is 11.5 Å². The standard InChI is InChI=1S/C23H26N4O4/c1-2-25-13-5-6-18(15-25)27-22(29)19-7-3-4-8-20(19)26(23(27)30)14-16-9-11-17(12-10-16)21(28)24-31/h3-4,7-12,18,31H,2,5-6,13-15H2,1H3,(H,24,28). The highest BCUT2D eigenvalue weighted by Crippen LogP contribution is 2.20. The molecule has 0 saturated carbocycles. The van der Waals surface area contributed by atoms with Crippen molar-refractivity contribution >= 4 is 16.8 Å². The molecule has 1 aliphatic heterocycles. The molecule has 1 aromatic heterocycles. The molecule has 2 aromatic carbocycles. The summed E-state index contributed by atoms with van der Waals surface area (Å²) in [6.45, 7) is 4.92. The van der Waals surface area contributed by atoms with Crippen molar-refractivity contribution in [2.75, 3.05) is 19.6 Å². The van der Waals surface area contributed by atoms with E-state index in [1.807, 2.05) is 12.1 Å². The molecule has 0 spiro atoms. The van der Waals surface area contributed by atoms with Crippen LogP contribution in [0.5, 0.6) is 0 Å². The molecule has 1 atom stereocenters. The lowest BCUT2D eigenvalue weighted by molar-refractivity contribution is 0.0706. The lowest BCUT2D eigenvalue weighted by atomic mass is 10.1. The van der Waals surface area contributed by atoms with Gasteiger partial charge in [-0.15, -0.1) is 0 Å². The van der Waals surface area contributed by atoms with Gasteiger partial charge < -0.3 is 4.90 Å². The molecular formula is C23H26N4O4. The van der Waals surface area contributed by atoms with Crippen LogP contribution >= 0.6 is 0 Å². The summed E-state index contributed by atoms with van der Waals surface area (Å²) in [7, 11) is 0. The number of para-hydroxylation sites is 1. The smallest absolute Gasteiger partial charge is 0.302 e. The van der Waals surface area contributed by atoms with Gasteiger partial charge in [0.2, 0.25) is 0 Å². The highest BCUT2D eigenvalue weighted by Gasteiger charge is 2.25. The minimum atomic E-state index is -0.597. The summed E-state index contributed by atoms with van der Waals surface area (Å²) in [5.41, 5.74) is 2.77. The predicted molar refractivity (Wildman–Crippen MR) is 118 cm³/mol. The van der Waals surface area contributed by atoms with E-state index >= 15 is 0 Å². The fraction of sp³-hybridized carbons (Fsp3) is 0.348. The molecule has 31 heavy (non-hydrogen) atoms. The number of hydroxylamine groups is 1. The van der Waals surface area contributed by atoms with Gasteiger partial charge in [0.1, 0.15) is 0 Å². The van der Waals surface area contributed by atoms with E-state index in [1.165, 1.54) is 4.57 Å². The van der Waals surface area contributed by atoms with Crippen LogP contribution in [0.15, 0.2) is 58.1 Å². The maximum atomic E-state index is 13.5. The molecule has 3 aromatic rings. The number of nitrogens with zero attached hydrogens (tertiary/aromatic N) is 3. The summed E-state index contributed by atoms with van der Waals surface area (Å²) < 4.78 is 3.06. The normalized spacial score (nSPS) is 17.0. The van der Waals surface area contributed by atoms with E-state index in [0.717, 1.165) is 31.5 Å². The van der Waals surface area contributed by atoms with E-state index in [-0.39, 0.29) is 23.8 Å². The number of benzene rings is 2. The minimum Gasteiger partial charge on any atom is -0.302 e. The molecule has 8 nitrogen and oxygen atoms in total. The Morgan fingerprint density at radius 1 is 1.13 bits per heavy atom. The Morgan fingerprint density at radius 2 is 1.87 bits per heavy atom. The molecule has 1 aliphatic rings. The molecule has 8 heteroatoms. The van der Waals surface area contributed by atoms with E-state index in [4.69, 9.17) is 5.21 Å². The van der Waals surface area contributed by atoms with Crippen molar-refractivity contribution in [3.63, 3.8) is 0 Å². The molecule has 2 N–H and O–H groups in total. The third-order valence-corrected chi connectivity index (χ3v) is 6.03. The van der Waals surface area contributed by atoms with Crippen LogP contribution in [0.4, 0.5) is 0 Å². The van der Waals surface area contributed by atoms with Gasteiger partial charge in [-0.2, -0.15) is 0 Å². The average molecular weight is 422 g/mol. The third kappa shape index (κ3) is 4.04. The van der Waals surface area contributed by atoms with Gasteiger partial charge in [0.15, 0.2) is 0 Å². The van der Waals surface area contributed by atoms with E-state index < -0.39 is 5.91 Å². The summed E-state index contributed by atoms with van der Waals surface area (Å²) in [6, 6.07) is 13.7. The van der Waals surface area contributed by atoms with Crippen molar-refractivity contribution in [2.24, 2.45) is 0 Å². The Hall–Kier alpha value is -3.23. The number of hydrogen-bond donors (Lipinski definition) is 2. The maximum absolute atomic E-state index is 13.5. The van der Waals surface area contributed by atoms with Crippen LogP contribution in [0.25, 0.3) is 10.9 Å². The summed E-state index contributed by atoms with van der Waals surface area (Å²) >= 11 is 0. The Bertz CT molecular complexity index is 1210. The number of likely N-dealkylation sites (N-methyl/N-ethyl adjacent to an activating group) is 1. The molecule has 0 aliphatic carbocycles. The van der Waals surface area contributed by atoms with Crippen molar-refractivity contribution in [2.45, 2.75) is 32.4 Å². The highest BCUT2D eigenvalue weighted by molar-refractivity contribution is 5.93. The number of amides is 1. The van der Waals surface area contributed by atoms with E-state index in [2.05, 4.69) is 11.8 Å². The average Bonchev–Trinajstić information content (AvgIpc) is 2.82. The van der Waals surface area contributed by atoms with Gasteiger partial charge >= 0.3 is 5.69 Å². The monoisotopic (exact) mass is 422 g/mol. The number of rotatable bonds is 5. The second-order valence-electron chi connectivity index (χ2n) is 7.89. The second-order valence-corrected chi connectivity index (χ2v) is 7.89. The zero-order chi connectivity index (χ0) is 22.0. The molecular weight excluding hydrogens is 396 g/mol. The van der Waals surface area contributed by atoms with E-state index in [9.17, 15) is 14.4 Å². The molecule has 1 unspecified atom stereocenters. The minimum absolute atomic E-state index is 0.153. The Kier molecular flexibility index (Phi) is 6.01. The number of hydrogen-bond acceptors (Lipinski definition) is 5. The lowest BCUT2D eigenvalue weighted by Gasteiger charge is -2.32. The van der Waals surface area contributed by atoms with Crippen LogP contribution in [0, 0.1) is 0 Å². The topological polar surface area (TPSA) is 96.6 Å². The molecule has 0 bridgehead atoms. The van der Waals surface area contributed by atoms with Crippen LogP contribution in [-0.2, 0) is 6.54 Å². The van der Waals surface area contributed by atoms with Gasteiger partial charge in [-0.3, -0.25) is 23.9 Å². The quantitative estimate of drug-likeness (QED) is 0.484. The number of carbonyl (C=O) groups excluding carboxylic acids is 1. The van der Waals surface area contributed by atoms with Crippen LogP contribution in [0.3, 0.4) is 0 Å². The summed E-state index contributed by atoms with van der Waals surface area (Å²) in [4.78, 5) is 40.6. The number of fused-ring (bicyclic) bond motifs is 1. The van der Waals surface area contributed by atoms with Gasteiger partial charge in [0, 0.05) is 12.1 Å². The highest BCUT2D eigenvalue weighted by atomic mass is 16.5. The first-order valence-electron chi connectivity index (χ1n) is 10.5. The van der Waals surface area contributed by atoms with Gasteiger partial charge in [-0.1, -0.05) is 31.2 Å². The van der Waals surface area contributed by atoms with Gasteiger partial charge in [-0.05, 0) is 55.8 Å². The Balaban J connectivity index is 1.80. The fourth-order valence-corrected chi connectivity index (χ4v) is 4.35. The summed E-state index contributed by atoms with van der Waals surface area (Å²) in [6.07, 6.45) is 1.75. The predicted octanol–water partition coefficient (Wildman–Crippen LogP) is 1.99. The molecule has 1 amide bonds. The molecule has 162 valence electrons. The molecule has 1 saturated heterocycles. The van der Waals surface area contributed by atoms with E-state index in [1.54, 1.807) is 46.4 Å². The number of nitrogens with one attached hydrogen (secondary N) is 1. The number of likely N-dealkylation sites (tertiary alicyclic amines) is 1. The van der Waals surface area contributed by atoms with Gasteiger partial charge in [0.05, 0.1) is 23.5 Å². The fourth-order valence-electron chi connectivity index (χ4n) is 4.35. The molecule has 4 rings (SSSR count). The second kappa shape index (κ2) is 8.87. The third-order valence-electron chi connectivity index (χ3n) is 6.03. The van der Waals surface area contributed by atoms with Crippen LogP contribution < -0.4 is 16.7 Å². The van der Waals surface area contributed by atoms with E-state index in [0.29, 0.717) is 23.0 Å². The number of piperidine rings is 1. The first-order chi connectivity index (χ1) is 15.0. The first kappa shape index (κ1) is 21.0. The van der Waals surface area contributed by atoms with Crippen molar-refractivity contribution in [3.8, 4) is 0 Å².